The molecule has 1 amide bonds. The topological polar surface area (TPSA) is 62.2 Å². The Labute approximate surface area is 206 Å². The van der Waals surface area contributed by atoms with Gasteiger partial charge in [0.05, 0.1) is 31.4 Å². The predicted octanol–water partition coefficient (Wildman–Crippen LogP) is 4.40. The summed E-state index contributed by atoms with van der Waals surface area (Å²) in [6.45, 7) is 8.72. The number of hydrogen-bond donors (Lipinski definition) is 1. The van der Waals surface area contributed by atoms with Crippen LogP contribution in [0.4, 0.5) is 0 Å². The van der Waals surface area contributed by atoms with Crippen molar-refractivity contribution in [3.05, 3.63) is 51.2 Å². The molecule has 0 fully saturated rings. The van der Waals surface area contributed by atoms with Crippen LogP contribution in [0.15, 0.2) is 35.7 Å². The summed E-state index contributed by atoms with van der Waals surface area (Å²) in [7, 11) is 0. The van der Waals surface area contributed by atoms with Gasteiger partial charge in [-0.15, -0.1) is 11.3 Å². The minimum absolute atomic E-state index is 0.0574. The van der Waals surface area contributed by atoms with E-state index in [2.05, 4.69) is 18.4 Å². The lowest BCUT2D eigenvalue weighted by Gasteiger charge is -2.37. The van der Waals surface area contributed by atoms with Crippen LogP contribution < -0.4 is 4.74 Å². The van der Waals surface area contributed by atoms with Gasteiger partial charge in [-0.1, -0.05) is 18.5 Å². The lowest BCUT2D eigenvalue weighted by atomic mass is 10.0. The van der Waals surface area contributed by atoms with Crippen LogP contribution in [0.3, 0.4) is 0 Å². The van der Waals surface area contributed by atoms with E-state index < -0.39 is 6.10 Å². The molecule has 1 N–H and O–H groups in total. The lowest BCUT2D eigenvalue weighted by molar-refractivity contribution is -0.136. The Kier molecular flexibility index (Phi) is 10.0. The first kappa shape index (κ1) is 26.0. The van der Waals surface area contributed by atoms with E-state index in [0.717, 1.165) is 25.1 Å². The quantitative estimate of drug-likeness (QED) is 0.473. The number of amides is 1. The largest absolute Gasteiger partial charge is 0.491 e. The fourth-order valence-electron chi connectivity index (χ4n) is 4.07. The van der Waals surface area contributed by atoms with Crippen LogP contribution in [0.25, 0.3) is 0 Å². The average molecular weight is 495 g/mol. The number of benzene rings is 1. The van der Waals surface area contributed by atoms with Crippen LogP contribution in [0.2, 0.25) is 5.02 Å². The molecular weight excluding hydrogens is 460 g/mol. The summed E-state index contributed by atoms with van der Waals surface area (Å²) in [5.41, 5.74) is 1.17. The van der Waals surface area contributed by atoms with E-state index >= 15 is 0 Å². The summed E-state index contributed by atoms with van der Waals surface area (Å²) >= 11 is 7.72. The number of ether oxygens (including phenoxy) is 2. The van der Waals surface area contributed by atoms with Crippen LogP contribution in [0, 0.1) is 0 Å². The molecule has 1 aliphatic heterocycles. The molecule has 1 aromatic carbocycles. The van der Waals surface area contributed by atoms with E-state index in [-0.39, 0.29) is 31.2 Å². The maximum absolute atomic E-state index is 13.4. The van der Waals surface area contributed by atoms with E-state index in [4.69, 9.17) is 21.1 Å². The Bertz CT molecular complexity index is 874. The maximum atomic E-state index is 13.4. The Morgan fingerprint density at radius 2 is 2.06 bits per heavy atom. The molecule has 2 aromatic rings. The van der Waals surface area contributed by atoms with Gasteiger partial charge in [0.15, 0.2) is 0 Å². The van der Waals surface area contributed by atoms with E-state index in [1.165, 1.54) is 10.4 Å². The molecule has 8 heteroatoms. The van der Waals surface area contributed by atoms with Gasteiger partial charge < -0.3 is 19.5 Å². The minimum Gasteiger partial charge on any atom is -0.491 e. The van der Waals surface area contributed by atoms with Crippen molar-refractivity contribution in [2.24, 2.45) is 0 Å². The van der Waals surface area contributed by atoms with Crippen LogP contribution in [-0.2, 0) is 16.0 Å². The molecule has 1 aromatic heterocycles. The minimum atomic E-state index is -0.624. The lowest BCUT2D eigenvalue weighted by Crippen LogP contribution is -2.48. The Morgan fingerprint density at radius 3 is 2.76 bits per heavy atom. The first-order valence-electron chi connectivity index (χ1n) is 11.6. The number of carbonyl (C=O) groups excluding carboxylic acids is 1. The zero-order valence-corrected chi connectivity index (χ0v) is 21.3. The van der Waals surface area contributed by atoms with Crippen molar-refractivity contribution >= 4 is 28.8 Å². The Morgan fingerprint density at radius 1 is 1.30 bits per heavy atom. The van der Waals surface area contributed by atoms with Gasteiger partial charge in [-0.25, -0.2) is 0 Å². The molecule has 0 aliphatic carbocycles. The van der Waals surface area contributed by atoms with Gasteiger partial charge in [0.1, 0.15) is 12.4 Å². The summed E-state index contributed by atoms with van der Waals surface area (Å²) in [6, 6.07) is 9.25. The highest BCUT2D eigenvalue weighted by Gasteiger charge is 2.33. The average Bonchev–Trinajstić information content (AvgIpc) is 3.26. The zero-order valence-electron chi connectivity index (χ0n) is 19.7. The Balaban J connectivity index is 1.67. The fraction of sp³-hybridized carbons (Fsp3) is 0.560. The Hall–Kier alpha value is -1.64. The van der Waals surface area contributed by atoms with E-state index in [1.54, 1.807) is 23.5 Å². The zero-order chi connectivity index (χ0) is 23.8. The highest BCUT2D eigenvalue weighted by Crippen LogP contribution is 2.34. The first-order chi connectivity index (χ1) is 15.9. The smallest absolute Gasteiger partial charge is 0.237 e. The number of hydrogen-bond acceptors (Lipinski definition) is 6. The van der Waals surface area contributed by atoms with Crippen molar-refractivity contribution in [3.8, 4) is 5.75 Å². The fourth-order valence-corrected chi connectivity index (χ4v) is 5.12. The summed E-state index contributed by atoms with van der Waals surface area (Å²) in [4.78, 5) is 18.7. The van der Waals surface area contributed by atoms with Crippen molar-refractivity contribution in [1.29, 1.82) is 0 Å². The van der Waals surface area contributed by atoms with Crippen LogP contribution in [0.5, 0.6) is 5.75 Å². The molecule has 0 saturated carbocycles. The molecule has 0 saturated heterocycles. The molecule has 33 heavy (non-hydrogen) atoms. The molecule has 182 valence electrons. The number of rotatable bonds is 12. The third kappa shape index (κ3) is 7.69. The van der Waals surface area contributed by atoms with Crippen LogP contribution >= 0.6 is 22.9 Å². The van der Waals surface area contributed by atoms with Gasteiger partial charge in [-0.3, -0.25) is 9.69 Å². The monoisotopic (exact) mass is 494 g/mol. The standard InChI is InChI=1S/C25H35ClN2O4S/c1-4-11-27(14-20(29)16-31-18(2)3)15-25(30)28-12-9-24-22(10-13-33-24)23(28)17-32-21-7-5-19(26)6-8-21/h5-8,10,13,18,20,23,29H,4,9,11-12,14-17H2,1-3H3/t20-,23-/m1/s1. The van der Waals surface area contributed by atoms with Gasteiger partial charge in [0.2, 0.25) is 5.91 Å². The van der Waals surface area contributed by atoms with E-state index in [9.17, 15) is 9.90 Å². The molecule has 0 spiro atoms. The third-order valence-electron chi connectivity index (χ3n) is 5.63. The molecule has 3 rings (SSSR count). The molecule has 2 heterocycles. The number of thiophene rings is 1. The van der Waals surface area contributed by atoms with Crippen molar-refractivity contribution in [1.82, 2.24) is 9.80 Å². The summed E-state index contributed by atoms with van der Waals surface area (Å²) < 4.78 is 11.6. The van der Waals surface area contributed by atoms with Gasteiger partial charge in [-0.05, 0) is 74.5 Å². The molecule has 1 aliphatic rings. The molecule has 0 unspecified atom stereocenters. The van der Waals surface area contributed by atoms with Crippen molar-refractivity contribution in [2.45, 2.75) is 51.9 Å². The van der Waals surface area contributed by atoms with Crippen molar-refractivity contribution < 1.29 is 19.4 Å². The number of aliphatic hydroxyl groups excluding tert-OH is 1. The number of nitrogens with zero attached hydrogens (tertiary/aromatic N) is 2. The molecule has 0 radical (unpaired) electrons. The van der Waals surface area contributed by atoms with E-state index in [0.29, 0.717) is 24.7 Å². The number of fused-ring (bicyclic) bond motifs is 1. The number of halogens is 1. The van der Waals surface area contributed by atoms with E-state index in [1.807, 2.05) is 35.8 Å². The van der Waals surface area contributed by atoms with Gasteiger partial charge >= 0.3 is 0 Å². The maximum Gasteiger partial charge on any atom is 0.237 e. The van der Waals surface area contributed by atoms with Crippen LogP contribution in [-0.4, -0.2) is 72.4 Å². The normalized spacial score (nSPS) is 16.8. The SMILES string of the molecule is CCCN(CC(=O)N1CCc2sccc2[C@H]1COc1ccc(Cl)cc1)C[C@@H](O)COC(C)C. The summed E-state index contributed by atoms with van der Waals surface area (Å²) in [5.74, 6) is 0.789. The summed E-state index contributed by atoms with van der Waals surface area (Å²) in [6.07, 6.45) is 1.20. The number of carbonyl (C=O) groups is 1. The third-order valence-corrected chi connectivity index (χ3v) is 6.87. The number of aliphatic hydroxyl groups is 1. The molecule has 6 nitrogen and oxygen atoms in total. The second-order valence-electron chi connectivity index (χ2n) is 8.69. The molecule has 2 atom stereocenters. The second-order valence-corrected chi connectivity index (χ2v) is 10.1. The van der Waals surface area contributed by atoms with Crippen molar-refractivity contribution in [3.63, 3.8) is 0 Å². The molecular formula is C25H35ClN2O4S. The molecule has 0 bridgehead atoms. The summed E-state index contributed by atoms with van der Waals surface area (Å²) in [5, 5.41) is 13.1. The highest BCUT2D eigenvalue weighted by molar-refractivity contribution is 7.10. The first-order valence-corrected chi connectivity index (χ1v) is 12.9. The highest BCUT2D eigenvalue weighted by atomic mass is 35.5. The van der Waals surface area contributed by atoms with Crippen molar-refractivity contribution in [2.75, 3.05) is 39.4 Å². The van der Waals surface area contributed by atoms with Gasteiger partial charge in [0.25, 0.3) is 0 Å². The van der Waals surface area contributed by atoms with Crippen LogP contribution in [0.1, 0.15) is 43.7 Å². The second kappa shape index (κ2) is 12.7. The predicted molar refractivity (Wildman–Crippen MR) is 133 cm³/mol. The van der Waals surface area contributed by atoms with Gasteiger partial charge in [0, 0.05) is 23.0 Å². The van der Waals surface area contributed by atoms with Gasteiger partial charge in [-0.2, -0.15) is 0 Å².